The first-order valence-electron chi connectivity index (χ1n) is 10.9. The highest BCUT2D eigenvalue weighted by Gasteiger charge is 2.56. The first-order valence-corrected chi connectivity index (χ1v) is 10.9. The molecule has 0 aliphatic carbocycles. The van der Waals surface area contributed by atoms with Crippen LogP contribution >= 0.6 is 0 Å². The predicted octanol–water partition coefficient (Wildman–Crippen LogP) is 8.83. The molecule has 0 aromatic heterocycles. The van der Waals surface area contributed by atoms with E-state index in [1.54, 1.807) is 20.8 Å². The molecule has 0 spiro atoms. The number of hydrogen-bond donors (Lipinski definition) is 0. The number of alkyl halides is 13. The summed E-state index contributed by atoms with van der Waals surface area (Å²) in [6.07, 6.45) is -21.4. The lowest BCUT2D eigenvalue weighted by molar-refractivity contribution is -0.219. The summed E-state index contributed by atoms with van der Waals surface area (Å²) in [5.41, 5.74) is -0.831. The van der Waals surface area contributed by atoms with Crippen LogP contribution in [0.25, 0.3) is 0 Å². The monoisotopic (exact) mass is 560 g/mol. The van der Waals surface area contributed by atoms with Crippen molar-refractivity contribution in [3.63, 3.8) is 0 Å². The first-order chi connectivity index (χ1) is 15.7. The molecule has 2 nitrogen and oxygen atoms in total. The second kappa shape index (κ2) is 12.0. The van der Waals surface area contributed by atoms with Gasteiger partial charge in [0.2, 0.25) is 0 Å². The van der Waals surface area contributed by atoms with Crippen molar-refractivity contribution in [2.24, 2.45) is 5.41 Å². The van der Waals surface area contributed by atoms with Gasteiger partial charge < -0.3 is 4.74 Å². The van der Waals surface area contributed by atoms with Crippen molar-refractivity contribution in [3.05, 3.63) is 0 Å². The van der Waals surface area contributed by atoms with Gasteiger partial charge in [0.1, 0.15) is 6.42 Å². The molecule has 0 aliphatic heterocycles. The highest BCUT2D eigenvalue weighted by Crippen LogP contribution is 2.47. The molecule has 0 radical (unpaired) electrons. The molecule has 0 bridgehead atoms. The molecule has 0 heterocycles. The highest BCUT2D eigenvalue weighted by molar-refractivity contribution is 5.75. The van der Waals surface area contributed by atoms with E-state index in [4.69, 9.17) is 4.74 Å². The third kappa shape index (κ3) is 15.0. The Kier molecular flexibility index (Phi) is 11.5. The topological polar surface area (TPSA) is 26.3 Å². The van der Waals surface area contributed by atoms with Crippen LogP contribution in [0.5, 0.6) is 0 Å². The number of hydrogen-bond acceptors (Lipinski definition) is 2. The summed E-state index contributed by atoms with van der Waals surface area (Å²) in [6.45, 7) is 4.55. The number of carbonyl (C=O) groups is 1. The number of rotatable bonds is 16. The van der Waals surface area contributed by atoms with E-state index < -0.39 is 92.1 Å². The molecular formula is C21H29F13O2. The highest BCUT2D eigenvalue weighted by atomic mass is 19.4. The van der Waals surface area contributed by atoms with Crippen LogP contribution in [-0.4, -0.2) is 48.4 Å². The van der Waals surface area contributed by atoms with E-state index in [9.17, 15) is 61.9 Å². The summed E-state index contributed by atoms with van der Waals surface area (Å²) < 4.78 is 177. The van der Waals surface area contributed by atoms with E-state index in [2.05, 4.69) is 0 Å². The van der Waals surface area contributed by atoms with Crippen LogP contribution in [0.2, 0.25) is 0 Å². The van der Waals surface area contributed by atoms with Gasteiger partial charge in [-0.1, -0.05) is 6.92 Å². The van der Waals surface area contributed by atoms with Crippen molar-refractivity contribution in [3.8, 4) is 0 Å². The number of halogens is 13. The Hall–Kier alpha value is -1.44. The Balaban J connectivity index is 4.86. The molecule has 216 valence electrons. The lowest BCUT2D eigenvalue weighted by Gasteiger charge is -2.30. The van der Waals surface area contributed by atoms with E-state index in [1.165, 1.54) is 0 Å². The maximum atomic E-state index is 13.9. The van der Waals surface area contributed by atoms with Crippen LogP contribution in [-0.2, 0) is 9.53 Å². The summed E-state index contributed by atoms with van der Waals surface area (Å²) in [5, 5.41) is 0. The Morgan fingerprint density at radius 3 is 1.31 bits per heavy atom. The van der Waals surface area contributed by atoms with Crippen molar-refractivity contribution in [1.82, 2.24) is 0 Å². The smallest absolute Gasteiger partial charge is 0.394 e. The van der Waals surface area contributed by atoms with Gasteiger partial charge >= 0.3 is 12.1 Å². The van der Waals surface area contributed by atoms with Gasteiger partial charge in [-0.05, 0) is 33.1 Å². The minimum atomic E-state index is -5.60. The minimum Gasteiger partial charge on any atom is -0.465 e. The molecule has 15 heteroatoms. The minimum absolute atomic E-state index is 0.165. The standard InChI is InChI=1S/C21H29F13O2/c1-4-15(2,3)14(35)36-8-6-5-7-16(22,23)9-17(24,25)10-18(26,27)11-19(28,29)12-20(30,31)13-21(32,33)34/h4-13H2,1-3H3. The third-order valence-electron chi connectivity index (χ3n) is 5.13. The van der Waals surface area contributed by atoms with Gasteiger partial charge in [-0.3, -0.25) is 4.79 Å². The van der Waals surface area contributed by atoms with Crippen LogP contribution < -0.4 is 0 Å². The zero-order chi connectivity index (χ0) is 28.9. The molecule has 0 rings (SSSR count). The van der Waals surface area contributed by atoms with Gasteiger partial charge in [0, 0.05) is 6.42 Å². The number of unbranched alkanes of at least 4 members (excludes halogenated alkanes) is 1. The maximum Gasteiger partial charge on any atom is 0.394 e. The molecule has 0 amide bonds. The van der Waals surface area contributed by atoms with Gasteiger partial charge in [0.05, 0.1) is 37.7 Å². The summed E-state index contributed by atoms with van der Waals surface area (Å²) in [6, 6.07) is 0. The summed E-state index contributed by atoms with van der Waals surface area (Å²) >= 11 is 0. The zero-order valence-electron chi connectivity index (χ0n) is 19.8. The van der Waals surface area contributed by atoms with Gasteiger partial charge in [-0.15, -0.1) is 0 Å². The Labute approximate surface area is 199 Å². The molecule has 0 aliphatic rings. The van der Waals surface area contributed by atoms with E-state index in [-0.39, 0.29) is 13.0 Å². The third-order valence-corrected chi connectivity index (χ3v) is 5.13. The SMILES string of the molecule is CCC(C)(C)C(=O)OCCCCC(F)(F)CC(F)(F)CC(F)(F)CC(F)(F)CC(F)(F)CC(F)(F)F. The van der Waals surface area contributed by atoms with Crippen LogP contribution in [0, 0.1) is 5.41 Å². The molecule has 0 unspecified atom stereocenters. The fourth-order valence-corrected chi connectivity index (χ4v) is 3.14. The van der Waals surface area contributed by atoms with Gasteiger partial charge in [0.25, 0.3) is 29.6 Å². The van der Waals surface area contributed by atoms with E-state index in [0.717, 1.165) is 0 Å². The largest absolute Gasteiger partial charge is 0.465 e. The van der Waals surface area contributed by atoms with Gasteiger partial charge in [0.15, 0.2) is 0 Å². The second-order valence-electron chi connectivity index (χ2n) is 9.61. The quantitative estimate of drug-likeness (QED) is 0.107. The Morgan fingerprint density at radius 1 is 0.583 bits per heavy atom. The van der Waals surface area contributed by atoms with E-state index >= 15 is 0 Å². The normalized spacial score (nSPS) is 14.8. The van der Waals surface area contributed by atoms with E-state index in [1.807, 2.05) is 0 Å². The summed E-state index contributed by atoms with van der Waals surface area (Å²) in [7, 11) is 0. The molecule has 0 atom stereocenters. The number of ether oxygens (including phenoxy) is 1. The van der Waals surface area contributed by atoms with Crippen LogP contribution in [0.15, 0.2) is 0 Å². The van der Waals surface area contributed by atoms with E-state index in [0.29, 0.717) is 6.42 Å². The fraction of sp³-hybridized carbons (Fsp3) is 0.952. The molecular weight excluding hydrogens is 531 g/mol. The van der Waals surface area contributed by atoms with Crippen molar-refractivity contribution in [1.29, 1.82) is 0 Å². The van der Waals surface area contributed by atoms with Gasteiger partial charge in [-0.2, -0.15) is 13.2 Å². The molecule has 0 aromatic carbocycles. The molecule has 0 N–H and O–H groups in total. The van der Waals surface area contributed by atoms with Crippen molar-refractivity contribution >= 4 is 5.97 Å². The predicted molar refractivity (Wildman–Crippen MR) is 103 cm³/mol. The van der Waals surface area contributed by atoms with Gasteiger partial charge in [-0.25, -0.2) is 43.9 Å². The van der Waals surface area contributed by atoms with Crippen molar-refractivity contribution in [2.45, 2.75) is 114 Å². The molecule has 0 fully saturated rings. The van der Waals surface area contributed by atoms with Crippen LogP contribution in [0.1, 0.15) is 78.6 Å². The van der Waals surface area contributed by atoms with Crippen molar-refractivity contribution < 1.29 is 66.6 Å². The Morgan fingerprint density at radius 2 is 0.944 bits per heavy atom. The average molecular weight is 560 g/mol. The number of carbonyl (C=O) groups excluding carboxylic acids is 1. The maximum absolute atomic E-state index is 13.9. The van der Waals surface area contributed by atoms with Crippen molar-refractivity contribution in [2.75, 3.05) is 6.61 Å². The van der Waals surface area contributed by atoms with Crippen LogP contribution in [0.4, 0.5) is 57.1 Å². The lowest BCUT2D eigenvalue weighted by atomic mass is 9.91. The molecule has 0 aromatic rings. The second-order valence-corrected chi connectivity index (χ2v) is 9.61. The lowest BCUT2D eigenvalue weighted by Crippen LogP contribution is -2.41. The average Bonchev–Trinajstić information content (AvgIpc) is 2.54. The summed E-state index contributed by atoms with van der Waals surface area (Å²) in [4.78, 5) is 11.7. The fourth-order valence-electron chi connectivity index (χ4n) is 3.14. The molecule has 0 saturated carbocycles. The summed E-state index contributed by atoms with van der Waals surface area (Å²) in [5.74, 6) is -25.2. The Bertz CT molecular complexity index is 700. The number of esters is 1. The first kappa shape index (κ1) is 34.6. The molecule has 0 saturated heterocycles. The molecule has 36 heavy (non-hydrogen) atoms. The van der Waals surface area contributed by atoms with Crippen LogP contribution in [0.3, 0.4) is 0 Å². The zero-order valence-corrected chi connectivity index (χ0v) is 19.8.